The number of hydrogen-bond donors (Lipinski definition) is 3. The van der Waals surface area contributed by atoms with Crippen molar-refractivity contribution in [1.29, 1.82) is 0 Å². The van der Waals surface area contributed by atoms with Crippen LogP contribution >= 0.6 is 0 Å². The molecule has 1 fully saturated rings. The zero-order valence-electron chi connectivity index (χ0n) is 20.0. The first-order chi connectivity index (χ1) is 14.1. The predicted octanol–water partition coefficient (Wildman–Crippen LogP) is 5.52. The standard InChI is InChI=1S/C26H38O5/c1-14(2)9-11-25(7)23(29)18(22(28)20(24(25)30)21(27)16(5)6)13-19-17(15(3)4)10-12-26(19,8)31/h9,16-17,19,28-29,31H,3,10-13H2,1-2,4-8H3/t17-,19?,25?,26+/m1/s1. The number of aliphatic hydroxyl groups excluding tert-OH is 2. The third kappa shape index (κ3) is 4.57. The van der Waals surface area contributed by atoms with E-state index in [-0.39, 0.29) is 41.6 Å². The SMILES string of the molecule is C=C(C)[C@H]1CC[C@](C)(O)C1CC1=C(O)C(C)(CC=C(C)C)C(=O)C(C(=O)C(C)C)=C1O. The molecule has 0 spiro atoms. The Morgan fingerprint density at radius 1 is 1.23 bits per heavy atom. The van der Waals surface area contributed by atoms with Gasteiger partial charge in [-0.25, -0.2) is 0 Å². The zero-order valence-corrected chi connectivity index (χ0v) is 20.0. The largest absolute Gasteiger partial charge is 0.511 e. The summed E-state index contributed by atoms with van der Waals surface area (Å²) in [5.41, 5.74) is -0.480. The number of carbonyl (C=O) groups excluding carboxylic acids is 2. The van der Waals surface area contributed by atoms with Gasteiger partial charge in [0.2, 0.25) is 0 Å². The molecule has 2 unspecified atom stereocenters. The Kier molecular flexibility index (Phi) is 7.11. The summed E-state index contributed by atoms with van der Waals surface area (Å²) in [6.07, 6.45) is 3.58. The van der Waals surface area contributed by atoms with E-state index in [2.05, 4.69) is 6.58 Å². The Bertz CT molecular complexity index is 879. The minimum Gasteiger partial charge on any atom is -0.511 e. The average molecular weight is 431 g/mol. The molecule has 0 bridgehead atoms. The molecule has 0 aromatic carbocycles. The normalized spacial score (nSPS) is 31.5. The van der Waals surface area contributed by atoms with E-state index in [1.54, 1.807) is 27.7 Å². The molecule has 0 saturated heterocycles. The first-order valence-electron chi connectivity index (χ1n) is 11.1. The molecule has 0 amide bonds. The molecule has 172 valence electrons. The molecular formula is C26H38O5. The fraction of sp³-hybridized carbons (Fsp3) is 0.615. The molecule has 2 rings (SSSR count). The third-order valence-electron chi connectivity index (χ3n) is 7.05. The van der Waals surface area contributed by atoms with Crippen molar-refractivity contribution in [2.24, 2.45) is 23.2 Å². The van der Waals surface area contributed by atoms with Crippen LogP contribution in [0.2, 0.25) is 0 Å². The molecule has 4 atom stereocenters. The third-order valence-corrected chi connectivity index (χ3v) is 7.05. The van der Waals surface area contributed by atoms with Crippen LogP contribution in [0.15, 0.2) is 46.5 Å². The number of allylic oxidation sites excluding steroid dienone is 6. The molecule has 2 aliphatic carbocycles. The highest BCUT2D eigenvalue weighted by Gasteiger charge is 2.51. The maximum Gasteiger partial charge on any atom is 0.183 e. The van der Waals surface area contributed by atoms with Gasteiger partial charge in [0.05, 0.1) is 11.0 Å². The lowest BCUT2D eigenvalue weighted by atomic mass is 9.67. The van der Waals surface area contributed by atoms with E-state index in [1.807, 2.05) is 26.8 Å². The van der Waals surface area contributed by atoms with Crippen molar-refractivity contribution in [2.75, 3.05) is 0 Å². The monoisotopic (exact) mass is 430 g/mol. The van der Waals surface area contributed by atoms with Crippen LogP contribution in [-0.2, 0) is 9.59 Å². The van der Waals surface area contributed by atoms with E-state index < -0.39 is 34.3 Å². The summed E-state index contributed by atoms with van der Waals surface area (Å²) in [6, 6.07) is 0. The number of carbonyl (C=O) groups is 2. The summed E-state index contributed by atoms with van der Waals surface area (Å²) in [7, 11) is 0. The van der Waals surface area contributed by atoms with Gasteiger partial charge in [0.1, 0.15) is 17.1 Å². The Balaban J connectivity index is 2.68. The Labute approximate surface area is 186 Å². The van der Waals surface area contributed by atoms with E-state index in [0.717, 1.165) is 17.6 Å². The van der Waals surface area contributed by atoms with Gasteiger partial charge in [-0.05, 0) is 72.1 Å². The van der Waals surface area contributed by atoms with Crippen molar-refractivity contribution in [3.63, 3.8) is 0 Å². The van der Waals surface area contributed by atoms with Gasteiger partial charge in [-0.3, -0.25) is 9.59 Å². The Morgan fingerprint density at radius 2 is 1.81 bits per heavy atom. The molecule has 31 heavy (non-hydrogen) atoms. The lowest BCUT2D eigenvalue weighted by Gasteiger charge is -2.37. The van der Waals surface area contributed by atoms with Crippen molar-refractivity contribution in [3.05, 3.63) is 46.5 Å². The lowest BCUT2D eigenvalue weighted by molar-refractivity contribution is -0.128. The van der Waals surface area contributed by atoms with Crippen LogP contribution in [0.3, 0.4) is 0 Å². The summed E-state index contributed by atoms with van der Waals surface area (Å²) >= 11 is 0. The van der Waals surface area contributed by atoms with Crippen LogP contribution < -0.4 is 0 Å². The lowest BCUT2D eigenvalue weighted by Crippen LogP contribution is -2.41. The molecule has 0 radical (unpaired) electrons. The van der Waals surface area contributed by atoms with Gasteiger partial charge in [0.25, 0.3) is 0 Å². The van der Waals surface area contributed by atoms with Crippen molar-refractivity contribution in [3.8, 4) is 0 Å². The van der Waals surface area contributed by atoms with Crippen molar-refractivity contribution in [1.82, 2.24) is 0 Å². The summed E-state index contributed by atoms with van der Waals surface area (Å²) < 4.78 is 0. The van der Waals surface area contributed by atoms with Gasteiger partial charge in [0.15, 0.2) is 11.6 Å². The smallest absolute Gasteiger partial charge is 0.183 e. The van der Waals surface area contributed by atoms with Gasteiger partial charge in [-0.2, -0.15) is 0 Å². The molecular weight excluding hydrogens is 392 g/mol. The topological polar surface area (TPSA) is 94.8 Å². The number of Topliss-reactive ketones (excluding diaryl/α,β-unsaturated/α-hetero) is 2. The van der Waals surface area contributed by atoms with E-state index in [4.69, 9.17) is 0 Å². The maximum absolute atomic E-state index is 13.4. The first-order valence-corrected chi connectivity index (χ1v) is 11.1. The molecule has 0 heterocycles. The van der Waals surface area contributed by atoms with Gasteiger partial charge in [-0.15, -0.1) is 0 Å². The van der Waals surface area contributed by atoms with Crippen molar-refractivity contribution < 1.29 is 24.9 Å². The van der Waals surface area contributed by atoms with Gasteiger partial charge in [0, 0.05) is 11.5 Å². The van der Waals surface area contributed by atoms with Gasteiger partial charge in [-0.1, -0.05) is 37.6 Å². The minimum absolute atomic E-state index is 0.0222. The highest BCUT2D eigenvalue weighted by molar-refractivity contribution is 6.24. The molecule has 2 aliphatic rings. The van der Waals surface area contributed by atoms with Crippen LogP contribution in [0.5, 0.6) is 0 Å². The molecule has 1 saturated carbocycles. The second kappa shape index (κ2) is 8.78. The average Bonchev–Trinajstić information content (AvgIpc) is 2.96. The second-order valence-electron chi connectivity index (χ2n) is 10.4. The molecule has 0 aliphatic heterocycles. The van der Waals surface area contributed by atoms with Crippen molar-refractivity contribution >= 4 is 11.6 Å². The van der Waals surface area contributed by atoms with Crippen LogP contribution in [0.1, 0.15) is 74.1 Å². The first kappa shape index (κ1) is 25.1. The fourth-order valence-corrected chi connectivity index (χ4v) is 4.83. The second-order valence-corrected chi connectivity index (χ2v) is 10.4. The van der Waals surface area contributed by atoms with E-state index in [0.29, 0.717) is 6.42 Å². The molecule has 5 nitrogen and oxygen atoms in total. The number of hydrogen-bond acceptors (Lipinski definition) is 5. The summed E-state index contributed by atoms with van der Waals surface area (Å²) in [5, 5.41) is 33.3. The fourth-order valence-electron chi connectivity index (χ4n) is 4.83. The van der Waals surface area contributed by atoms with Crippen LogP contribution in [0, 0.1) is 23.2 Å². The summed E-state index contributed by atoms with van der Waals surface area (Å²) in [5.74, 6) is -2.40. The number of rotatable bonds is 7. The Hall–Kier alpha value is -2.14. The van der Waals surface area contributed by atoms with Gasteiger partial charge >= 0.3 is 0 Å². The van der Waals surface area contributed by atoms with Crippen molar-refractivity contribution in [2.45, 2.75) is 79.8 Å². The number of aliphatic hydroxyl groups is 3. The molecule has 0 aromatic heterocycles. The maximum atomic E-state index is 13.4. The molecule has 0 aromatic rings. The minimum atomic E-state index is -1.35. The summed E-state index contributed by atoms with van der Waals surface area (Å²) in [4.78, 5) is 26.3. The zero-order chi connectivity index (χ0) is 23.9. The highest BCUT2D eigenvalue weighted by Crippen LogP contribution is 2.50. The molecule has 5 heteroatoms. The van der Waals surface area contributed by atoms with Crippen LogP contribution in [0.25, 0.3) is 0 Å². The van der Waals surface area contributed by atoms with E-state index in [1.165, 1.54) is 0 Å². The van der Waals surface area contributed by atoms with Crippen LogP contribution in [-0.4, -0.2) is 32.5 Å². The quantitative estimate of drug-likeness (QED) is 0.365. The van der Waals surface area contributed by atoms with Crippen LogP contribution in [0.4, 0.5) is 0 Å². The Morgan fingerprint density at radius 3 is 2.29 bits per heavy atom. The van der Waals surface area contributed by atoms with E-state index in [9.17, 15) is 24.9 Å². The van der Waals surface area contributed by atoms with Gasteiger partial charge < -0.3 is 15.3 Å². The highest BCUT2D eigenvalue weighted by atomic mass is 16.3. The summed E-state index contributed by atoms with van der Waals surface area (Å²) in [6.45, 7) is 16.5. The molecule has 3 N–H and O–H groups in total. The number of ketones is 2. The van der Waals surface area contributed by atoms with E-state index >= 15 is 0 Å². The predicted molar refractivity (Wildman–Crippen MR) is 123 cm³/mol.